The summed E-state index contributed by atoms with van der Waals surface area (Å²) in [5.41, 5.74) is 15.2. The maximum Gasteiger partial charge on any atom is 0.165 e. The van der Waals surface area contributed by atoms with E-state index < -0.39 is 18.9 Å². The van der Waals surface area contributed by atoms with Crippen LogP contribution >= 0.6 is 40.5 Å². The van der Waals surface area contributed by atoms with Crippen LogP contribution in [0.25, 0.3) is 31.8 Å². The largest absolute Gasteiger partial charge is 0.275 e. The number of nitrogens with two attached hydrogens (primary N) is 1. The Morgan fingerprint density at radius 3 is 1.93 bits per heavy atom. The normalized spacial score (nSPS) is 9.62. The third kappa shape index (κ3) is 7.85. The molecule has 0 spiro atoms. The average molecular weight is 578 g/mol. The van der Waals surface area contributed by atoms with E-state index in [1.165, 1.54) is 22.7 Å². The predicted molar refractivity (Wildman–Crippen MR) is 113 cm³/mol. The zero-order valence-corrected chi connectivity index (χ0v) is 20.4. The number of hydrogen-bond acceptors (Lipinski definition) is 10. The van der Waals surface area contributed by atoms with Crippen molar-refractivity contribution in [3.05, 3.63) is 45.0 Å². The Hall–Kier alpha value is -1.81. The molecule has 0 atom stereocenters. The Morgan fingerprint density at radius 1 is 1.00 bits per heavy atom. The molecule has 150 valence electrons. The number of azide groups is 1. The van der Waals surface area contributed by atoms with Gasteiger partial charge in [0.1, 0.15) is 10.0 Å². The van der Waals surface area contributed by atoms with E-state index in [9.17, 15) is 0 Å². The van der Waals surface area contributed by atoms with E-state index in [0.717, 1.165) is 26.4 Å². The predicted octanol–water partition coefficient (Wildman–Crippen LogP) is 3.12. The molecule has 12 nitrogen and oxygen atoms in total. The van der Waals surface area contributed by atoms with Crippen molar-refractivity contribution >= 4 is 59.4 Å². The number of aromatic amines is 2. The van der Waals surface area contributed by atoms with Gasteiger partial charge in [-0.25, -0.2) is 0 Å². The van der Waals surface area contributed by atoms with E-state index in [1.807, 2.05) is 6.07 Å². The SMILES string of the molecule is NCc1nnc(-c2ccn[nH]2)s1.[Cl][Sn][Cl].[N-]=[N+]=NCc1nnc(-c2ccn[nH]2)s1. The number of nitrogens with zero attached hydrogens (tertiary/aromatic N) is 9. The number of aromatic nitrogens is 8. The zero-order valence-electron chi connectivity index (χ0n) is 14.4. The van der Waals surface area contributed by atoms with Gasteiger partial charge in [0.2, 0.25) is 0 Å². The summed E-state index contributed by atoms with van der Waals surface area (Å²) in [6, 6.07) is 3.65. The van der Waals surface area contributed by atoms with Gasteiger partial charge < -0.3 is 5.73 Å². The molecule has 0 aliphatic heterocycles. The maximum absolute atomic E-state index is 8.12. The Labute approximate surface area is 189 Å². The number of H-pyrrole nitrogens is 2. The van der Waals surface area contributed by atoms with Gasteiger partial charge >= 0.3 is 36.7 Å². The molecule has 0 saturated heterocycles. The fourth-order valence-electron chi connectivity index (χ4n) is 1.71. The molecule has 0 bridgehead atoms. The molecule has 0 aliphatic carbocycles. The summed E-state index contributed by atoms with van der Waals surface area (Å²) in [5.74, 6) is 0. The summed E-state index contributed by atoms with van der Waals surface area (Å²) in [6.45, 7) is 0.675. The van der Waals surface area contributed by atoms with Gasteiger partial charge in [-0.2, -0.15) is 10.2 Å². The van der Waals surface area contributed by atoms with Crippen LogP contribution in [0.5, 0.6) is 0 Å². The standard InChI is InChI=1S/C6H5N7S.C6H7N5S.2ClH.Sn/c7-13-9-3-5-11-12-6(14-5)4-1-2-8-10-4;7-3-5-10-11-6(12-5)4-1-2-8-9-4;;;/h1-2H,3H2,(H,8,10);1-2H,3,7H2,(H,8,9);2*1H;/q;;;;+2/p-2. The first-order valence-electron chi connectivity index (χ1n) is 7.53. The molecule has 4 aromatic rings. The molecule has 0 unspecified atom stereocenters. The minimum atomic E-state index is -0.826. The summed E-state index contributed by atoms with van der Waals surface area (Å²) in [4.78, 5) is 2.65. The summed E-state index contributed by atoms with van der Waals surface area (Å²) >= 11 is 2.02. The summed E-state index contributed by atoms with van der Waals surface area (Å²) in [6.07, 6.45) is 3.32. The second kappa shape index (κ2) is 13.4. The minimum absolute atomic E-state index is 0.238. The van der Waals surface area contributed by atoms with Crippen molar-refractivity contribution < 1.29 is 0 Å². The molecule has 2 radical (unpaired) electrons. The summed E-state index contributed by atoms with van der Waals surface area (Å²) < 4.78 is 0. The Balaban J connectivity index is 0.000000184. The molecular weight excluding hydrogens is 566 g/mol. The van der Waals surface area contributed by atoms with Crippen molar-refractivity contribution in [2.24, 2.45) is 10.8 Å². The van der Waals surface area contributed by atoms with Gasteiger partial charge in [0, 0.05) is 23.9 Å². The molecule has 4 aromatic heterocycles. The van der Waals surface area contributed by atoms with Crippen LogP contribution in [0.2, 0.25) is 0 Å². The third-order valence-corrected chi connectivity index (χ3v) is 4.76. The van der Waals surface area contributed by atoms with Crippen molar-refractivity contribution in [3.63, 3.8) is 0 Å². The van der Waals surface area contributed by atoms with Crippen LogP contribution in [-0.4, -0.2) is 59.7 Å². The van der Waals surface area contributed by atoms with E-state index in [-0.39, 0.29) is 6.54 Å². The van der Waals surface area contributed by atoms with Gasteiger partial charge in [-0.15, -0.1) is 20.4 Å². The molecule has 4 N–H and O–H groups in total. The number of rotatable bonds is 5. The summed E-state index contributed by atoms with van der Waals surface area (Å²) in [5, 5.41) is 35.3. The van der Waals surface area contributed by atoms with Gasteiger partial charge in [0.15, 0.2) is 10.0 Å². The van der Waals surface area contributed by atoms with Crippen LogP contribution in [0.3, 0.4) is 0 Å². The first-order chi connectivity index (χ1) is 14.2. The molecule has 4 heterocycles. The molecule has 29 heavy (non-hydrogen) atoms. The zero-order chi connectivity index (χ0) is 20.9. The van der Waals surface area contributed by atoms with Crippen LogP contribution < -0.4 is 5.73 Å². The van der Waals surface area contributed by atoms with Crippen LogP contribution in [0.15, 0.2) is 29.6 Å². The van der Waals surface area contributed by atoms with Gasteiger partial charge in [0.05, 0.1) is 17.9 Å². The molecule has 0 fully saturated rings. The number of hydrogen-bond donors (Lipinski definition) is 3. The smallest absolute Gasteiger partial charge is 0.165 e. The molecule has 0 aliphatic rings. The fourth-order valence-corrected chi connectivity index (χ4v) is 3.14. The van der Waals surface area contributed by atoms with Crippen LogP contribution in [0.1, 0.15) is 10.0 Å². The van der Waals surface area contributed by atoms with E-state index in [2.05, 4.69) is 50.8 Å². The van der Waals surface area contributed by atoms with Crippen LogP contribution in [-0.2, 0) is 13.1 Å². The van der Waals surface area contributed by atoms with Crippen LogP contribution in [0, 0.1) is 0 Å². The number of nitrogens with one attached hydrogen (secondary N) is 2. The quantitative estimate of drug-likeness (QED) is 0.141. The first kappa shape index (κ1) is 23.5. The Kier molecular flexibility index (Phi) is 10.9. The Bertz CT molecular complexity index is 996. The van der Waals surface area contributed by atoms with E-state index in [4.69, 9.17) is 29.1 Å². The molecular formula is C12H12Cl2N12S2Sn. The topological polar surface area (TPSA) is 184 Å². The van der Waals surface area contributed by atoms with Gasteiger partial charge in [-0.3, -0.25) is 10.2 Å². The van der Waals surface area contributed by atoms with E-state index in [1.54, 1.807) is 18.5 Å². The van der Waals surface area contributed by atoms with Crippen LogP contribution in [0.4, 0.5) is 0 Å². The first-order valence-corrected chi connectivity index (χ1v) is 16.4. The van der Waals surface area contributed by atoms with Crippen molar-refractivity contribution in [1.29, 1.82) is 0 Å². The minimum Gasteiger partial charge on any atom is -0.275 e. The molecule has 0 saturated carbocycles. The second-order valence-electron chi connectivity index (χ2n) is 4.61. The van der Waals surface area contributed by atoms with Crippen molar-refractivity contribution in [3.8, 4) is 21.4 Å². The molecule has 0 amide bonds. The summed E-state index contributed by atoms with van der Waals surface area (Å²) in [7, 11) is 9.87. The van der Waals surface area contributed by atoms with Gasteiger partial charge in [-0.05, 0) is 17.7 Å². The van der Waals surface area contributed by atoms with Crippen molar-refractivity contribution in [1.82, 2.24) is 40.8 Å². The molecule has 4 rings (SSSR count). The van der Waals surface area contributed by atoms with Crippen molar-refractivity contribution in [2.75, 3.05) is 0 Å². The molecule has 17 heteroatoms. The van der Waals surface area contributed by atoms with Gasteiger partial charge in [-0.1, -0.05) is 27.8 Å². The van der Waals surface area contributed by atoms with E-state index in [0.29, 0.717) is 11.6 Å². The Morgan fingerprint density at radius 2 is 1.52 bits per heavy atom. The average Bonchev–Trinajstić information content (AvgIpc) is 3.53. The van der Waals surface area contributed by atoms with E-state index >= 15 is 0 Å². The number of halogens is 2. The van der Waals surface area contributed by atoms with Gasteiger partial charge in [0.25, 0.3) is 0 Å². The monoisotopic (exact) mass is 578 g/mol. The fraction of sp³-hybridized carbons (Fsp3) is 0.167. The maximum atomic E-state index is 8.12. The van der Waals surface area contributed by atoms with Crippen molar-refractivity contribution in [2.45, 2.75) is 13.1 Å². The third-order valence-electron chi connectivity index (χ3n) is 2.84. The second-order valence-corrected chi connectivity index (χ2v) is 11.0. The molecule has 0 aromatic carbocycles.